The largest absolute Gasteiger partial charge is 0.488 e. The van der Waals surface area contributed by atoms with E-state index < -0.39 is 0 Å². The normalized spacial score (nSPS) is 21.1. The van der Waals surface area contributed by atoms with Gasteiger partial charge in [0.25, 0.3) is 0 Å². The van der Waals surface area contributed by atoms with Gasteiger partial charge in [0.15, 0.2) is 0 Å². The molecule has 0 spiro atoms. The summed E-state index contributed by atoms with van der Waals surface area (Å²) in [5, 5.41) is 10.8. The van der Waals surface area contributed by atoms with Gasteiger partial charge in [-0.25, -0.2) is 0 Å². The smallest absolute Gasteiger partial charge is 0.124 e. The van der Waals surface area contributed by atoms with Gasteiger partial charge in [0.2, 0.25) is 0 Å². The fourth-order valence-corrected chi connectivity index (χ4v) is 5.57. The minimum Gasteiger partial charge on any atom is -0.488 e. The Bertz CT molecular complexity index is 1150. The lowest BCUT2D eigenvalue weighted by Crippen LogP contribution is -2.53. The number of ether oxygens (including phenoxy) is 1. The van der Waals surface area contributed by atoms with Gasteiger partial charge in [-0.2, -0.15) is 0 Å². The van der Waals surface area contributed by atoms with Gasteiger partial charge in [-0.1, -0.05) is 42.5 Å². The zero-order valence-electron chi connectivity index (χ0n) is 20.5. The number of aliphatic hydroxyl groups excluding tert-OH is 1. The maximum absolute atomic E-state index is 12.4. The standard InChI is InChI=1S/C29H36FN3O2/c1-20(19-34)12-15-33-21(2)16-26-25-6-3-4-7-27(25)31-28(26)29(33)22-8-10-23(11-9-22)35-24-17-32(18-24)14-5-13-30/h3-4,6-11,21,24,29,31,34H,1,5,12-19H2,2H3/t21-,29-/m0/s1. The van der Waals surface area contributed by atoms with E-state index in [1.165, 1.54) is 27.7 Å². The molecule has 3 aromatic rings. The molecule has 1 aromatic heterocycles. The summed E-state index contributed by atoms with van der Waals surface area (Å²) in [6.07, 6.45) is 2.54. The van der Waals surface area contributed by atoms with Crippen molar-refractivity contribution in [2.45, 2.75) is 44.4 Å². The van der Waals surface area contributed by atoms with Gasteiger partial charge in [0.1, 0.15) is 11.9 Å². The molecule has 186 valence electrons. The molecule has 3 heterocycles. The number of rotatable bonds is 10. The predicted octanol–water partition coefficient (Wildman–Crippen LogP) is 4.87. The number of likely N-dealkylation sites (tertiary alicyclic amines) is 1. The third-order valence-electron chi connectivity index (χ3n) is 7.49. The molecule has 35 heavy (non-hydrogen) atoms. The SMILES string of the molecule is C=C(CO)CCN1[C@@H](c2ccc(OC3CN(CCCF)C3)cc2)c2[nH]c3ccccc3c2C[C@@H]1C. The molecule has 1 saturated heterocycles. The maximum Gasteiger partial charge on any atom is 0.124 e. The van der Waals surface area contributed by atoms with Crippen LogP contribution in [0.5, 0.6) is 5.75 Å². The zero-order valence-corrected chi connectivity index (χ0v) is 20.5. The topological polar surface area (TPSA) is 51.7 Å². The molecule has 5 nitrogen and oxygen atoms in total. The van der Waals surface area contributed by atoms with Gasteiger partial charge < -0.3 is 14.8 Å². The molecule has 0 bridgehead atoms. The van der Waals surface area contributed by atoms with E-state index in [1.807, 2.05) is 0 Å². The molecule has 1 fully saturated rings. The lowest BCUT2D eigenvalue weighted by molar-refractivity contribution is 0.0184. The molecular weight excluding hydrogens is 441 g/mol. The lowest BCUT2D eigenvalue weighted by Gasteiger charge is -2.41. The van der Waals surface area contributed by atoms with E-state index >= 15 is 0 Å². The van der Waals surface area contributed by atoms with Crippen molar-refractivity contribution in [2.24, 2.45) is 0 Å². The van der Waals surface area contributed by atoms with E-state index in [0.717, 1.165) is 50.3 Å². The van der Waals surface area contributed by atoms with Gasteiger partial charge >= 0.3 is 0 Å². The highest BCUT2D eigenvalue weighted by molar-refractivity contribution is 5.85. The van der Waals surface area contributed by atoms with Crippen molar-refractivity contribution in [3.63, 3.8) is 0 Å². The summed E-state index contributed by atoms with van der Waals surface area (Å²) in [6.45, 7) is 9.45. The molecule has 0 unspecified atom stereocenters. The Morgan fingerprint density at radius 1 is 1.14 bits per heavy atom. The summed E-state index contributed by atoms with van der Waals surface area (Å²) >= 11 is 0. The van der Waals surface area contributed by atoms with Crippen molar-refractivity contribution >= 4 is 10.9 Å². The third-order valence-corrected chi connectivity index (χ3v) is 7.49. The van der Waals surface area contributed by atoms with Crippen LogP contribution in [0.4, 0.5) is 4.39 Å². The van der Waals surface area contributed by atoms with Crippen LogP contribution in [0.1, 0.15) is 42.6 Å². The molecule has 5 rings (SSSR count). The summed E-state index contributed by atoms with van der Waals surface area (Å²) < 4.78 is 18.5. The number of hydrogen-bond donors (Lipinski definition) is 2. The number of benzene rings is 2. The Balaban J connectivity index is 1.38. The van der Waals surface area contributed by atoms with Gasteiger partial charge in [-0.3, -0.25) is 14.2 Å². The van der Waals surface area contributed by atoms with Crippen LogP contribution < -0.4 is 4.74 Å². The van der Waals surface area contributed by atoms with E-state index in [-0.39, 0.29) is 25.4 Å². The Kier molecular flexibility index (Phi) is 7.23. The fourth-order valence-electron chi connectivity index (χ4n) is 5.57. The van der Waals surface area contributed by atoms with Crippen LogP contribution in [-0.4, -0.2) is 71.5 Å². The van der Waals surface area contributed by atoms with Crippen LogP contribution in [0.2, 0.25) is 0 Å². The number of hydrogen-bond acceptors (Lipinski definition) is 4. The number of aromatic amines is 1. The van der Waals surface area contributed by atoms with E-state index in [9.17, 15) is 9.50 Å². The Labute approximate surface area is 207 Å². The van der Waals surface area contributed by atoms with Crippen LogP contribution in [0.15, 0.2) is 60.7 Å². The molecule has 2 atom stereocenters. The third kappa shape index (κ3) is 5.01. The lowest BCUT2D eigenvalue weighted by atomic mass is 9.88. The first-order valence-electron chi connectivity index (χ1n) is 12.7. The minimum absolute atomic E-state index is 0.0307. The maximum atomic E-state index is 12.4. The van der Waals surface area contributed by atoms with Crippen molar-refractivity contribution in [3.8, 4) is 5.75 Å². The van der Waals surface area contributed by atoms with E-state index in [0.29, 0.717) is 12.5 Å². The first kappa shape index (κ1) is 24.0. The Morgan fingerprint density at radius 3 is 2.66 bits per heavy atom. The molecule has 0 aliphatic carbocycles. The minimum atomic E-state index is -0.257. The molecular formula is C29H36FN3O2. The number of nitrogens with zero attached hydrogens (tertiary/aromatic N) is 2. The Hall–Kier alpha value is -2.67. The van der Waals surface area contributed by atoms with Crippen LogP contribution in [-0.2, 0) is 6.42 Å². The van der Waals surface area contributed by atoms with Gasteiger partial charge in [0.05, 0.1) is 19.3 Å². The molecule has 2 aliphatic heterocycles. The van der Waals surface area contributed by atoms with E-state index in [4.69, 9.17) is 4.74 Å². The molecule has 6 heteroatoms. The van der Waals surface area contributed by atoms with Crippen molar-refractivity contribution in [1.82, 2.24) is 14.8 Å². The predicted molar refractivity (Wildman–Crippen MR) is 139 cm³/mol. The fraction of sp³-hybridized carbons (Fsp3) is 0.448. The van der Waals surface area contributed by atoms with Gasteiger partial charge in [-0.15, -0.1) is 0 Å². The number of para-hydroxylation sites is 1. The number of alkyl halides is 1. The van der Waals surface area contributed by atoms with Gasteiger partial charge in [-0.05, 0) is 55.5 Å². The zero-order chi connectivity index (χ0) is 24.4. The molecule has 0 amide bonds. The highest BCUT2D eigenvalue weighted by atomic mass is 19.1. The summed E-state index contributed by atoms with van der Waals surface area (Å²) in [5.41, 5.74) is 5.93. The molecule has 0 radical (unpaired) electrons. The second-order valence-electron chi connectivity index (χ2n) is 10.0. The molecule has 2 aliphatic rings. The van der Waals surface area contributed by atoms with Crippen molar-refractivity contribution in [1.29, 1.82) is 0 Å². The summed E-state index contributed by atoms with van der Waals surface area (Å²) in [4.78, 5) is 8.49. The summed E-state index contributed by atoms with van der Waals surface area (Å²) in [6, 6.07) is 17.5. The number of nitrogens with one attached hydrogen (secondary N) is 1. The van der Waals surface area contributed by atoms with Crippen molar-refractivity contribution < 1.29 is 14.2 Å². The molecule has 0 saturated carbocycles. The average Bonchev–Trinajstić information content (AvgIpc) is 3.22. The van der Waals surface area contributed by atoms with E-state index in [2.05, 4.69) is 76.8 Å². The summed E-state index contributed by atoms with van der Waals surface area (Å²) in [5.74, 6) is 0.879. The van der Waals surface area contributed by atoms with Crippen LogP contribution in [0, 0.1) is 0 Å². The van der Waals surface area contributed by atoms with Crippen molar-refractivity contribution in [2.75, 3.05) is 39.5 Å². The van der Waals surface area contributed by atoms with Crippen LogP contribution in [0.3, 0.4) is 0 Å². The summed E-state index contributed by atoms with van der Waals surface area (Å²) in [7, 11) is 0. The average molecular weight is 478 g/mol. The second kappa shape index (κ2) is 10.5. The first-order chi connectivity index (χ1) is 17.1. The van der Waals surface area contributed by atoms with Gasteiger partial charge in [0, 0.05) is 48.8 Å². The van der Waals surface area contributed by atoms with Crippen LogP contribution in [0.25, 0.3) is 10.9 Å². The van der Waals surface area contributed by atoms with E-state index in [1.54, 1.807) is 0 Å². The van der Waals surface area contributed by atoms with Crippen molar-refractivity contribution in [3.05, 3.63) is 77.5 Å². The number of halogens is 1. The molecule has 2 aromatic carbocycles. The highest BCUT2D eigenvalue weighted by Gasteiger charge is 2.35. The number of aliphatic hydroxyl groups is 1. The second-order valence-corrected chi connectivity index (χ2v) is 10.0. The monoisotopic (exact) mass is 477 g/mol. The van der Waals surface area contributed by atoms with Crippen LogP contribution >= 0.6 is 0 Å². The molecule has 2 N–H and O–H groups in total. The Morgan fingerprint density at radius 2 is 1.91 bits per heavy atom. The number of aromatic nitrogens is 1. The highest BCUT2D eigenvalue weighted by Crippen LogP contribution is 2.41. The first-order valence-corrected chi connectivity index (χ1v) is 12.7. The number of fused-ring (bicyclic) bond motifs is 3. The quantitative estimate of drug-likeness (QED) is 0.409. The number of H-pyrrole nitrogens is 1.